The van der Waals surface area contributed by atoms with Crippen molar-refractivity contribution in [2.24, 2.45) is 0 Å². The highest BCUT2D eigenvalue weighted by molar-refractivity contribution is 7.90. The molecular weight excluding hydrogens is 412 g/mol. The van der Waals surface area contributed by atoms with Crippen LogP contribution in [0.25, 0.3) is 17.2 Å². The molecule has 0 N–H and O–H groups in total. The number of esters is 1. The monoisotopic (exact) mass is 432 g/mol. The van der Waals surface area contributed by atoms with Crippen LogP contribution < -0.4 is 4.74 Å². The SMILES string of the molecule is COc1ccc(/C=C2\OC(=O)C(c3ccccc3)=C2c2ccc(S(C)(=O)=O)cc2)cc1. The van der Waals surface area contributed by atoms with Crippen molar-refractivity contribution < 1.29 is 22.7 Å². The number of hydrogen-bond donors (Lipinski definition) is 0. The highest BCUT2D eigenvalue weighted by Gasteiger charge is 2.32. The second kappa shape index (κ2) is 8.24. The van der Waals surface area contributed by atoms with E-state index in [1.807, 2.05) is 54.6 Å². The quantitative estimate of drug-likeness (QED) is 0.551. The van der Waals surface area contributed by atoms with Crippen molar-refractivity contribution in [1.82, 2.24) is 0 Å². The minimum Gasteiger partial charge on any atom is -0.497 e. The predicted octanol–water partition coefficient (Wildman–Crippen LogP) is 4.61. The Balaban J connectivity index is 1.88. The fourth-order valence-corrected chi connectivity index (χ4v) is 4.03. The van der Waals surface area contributed by atoms with E-state index < -0.39 is 15.8 Å². The maximum atomic E-state index is 12.8. The molecule has 3 aromatic carbocycles. The summed E-state index contributed by atoms with van der Waals surface area (Å²) in [4.78, 5) is 13.1. The molecule has 0 radical (unpaired) electrons. The van der Waals surface area contributed by atoms with Crippen LogP contribution in [-0.2, 0) is 19.4 Å². The van der Waals surface area contributed by atoms with Crippen molar-refractivity contribution >= 4 is 33.0 Å². The number of benzene rings is 3. The summed E-state index contributed by atoms with van der Waals surface area (Å²) < 4.78 is 34.5. The third kappa shape index (κ3) is 4.29. The number of carbonyl (C=O) groups excluding carboxylic acids is 1. The lowest BCUT2D eigenvalue weighted by atomic mass is 9.94. The summed E-state index contributed by atoms with van der Waals surface area (Å²) in [6, 6.07) is 23.1. The molecule has 0 saturated heterocycles. The summed E-state index contributed by atoms with van der Waals surface area (Å²) in [5, 5.41) is 0. The van der Waals surface area contributed by atoms with E-state index in [2.05, 4.69) is 0 Å². The van der Waals surface area contributed by atoms with Gasteiger partial charge in [0.1, 0.15) is 11.5 Å². The van der Waals surface area contributed by atoms with Crippen LogP contribution in [0.2, 0.25) is 0 Å². The molecule has 0 atom stereocenters. The molecule has 1 heterocycles. The Morgan fingerprint density at radius 3 is 2.00 bits per heavy atom. The van der Waals surface area contributed by atoms with Gasteiger partial charge in [-0.2, -0.15) is 0 Å². The van der Waals surface area contributed by atoms with Crippen molar-refractivity contribution in [1.29, 1.82) is 0 Å². The second-order valence-corrected chi connectivity index (χ2v) is 9.10. The molecule has 6 heteroatoms. The zero-order valence-electron chi connectivity index (χ0n) is 17.0. The number of allylic oxidation sites excluding steroid dienone is 1. The first-order valence-corrected chi connectivity index (χ1v) is 11.4. The Morgan fingerprint density at radius 2 is 1.42 bits per heavy atom. The van der Waals surface area contributed by atoms with E-state index >= 15 is 0 Å². The highest BCUT2D eigenvalue weighted by atomic mass is 32.2. The van der Waals surface area contributed by atoms with Crippen molar-refractivity contribution in [3.05, 3.63) is 101 Å². The van der Waals surface area contributed by atoms with Gasteiger partial charge >= 0.3 is 5.97 Å². The first kappa shape index (κ1) is 20.6. The number of methoxy groups -OCH3 is 1. The third-order valence-corrected chi connectivity index (χ3v) is 6.08. The molecule has 1 aliphatic heterocycles. The van der Waals surface area contributed by atoms with Crippen LogP contribution in [0.5, 0.6) is 5.75 Å². The molecule has 0 unspecified atom stereocenters. The topological polar surface area (TPSA) is 69.7 Å². The van der Waals surface area contributed by atoms with Gasteiger partial charge in [-0.05, 0) is 47.0 Å². The van der Waals surface area contributed by atoms with Crippen molar-refractivity contribution in [2.45, 2.75) is 4.90 Å². The summed E-state index contributed by atoms with van der Waals surface area (Å²) in [6.45, 7) is 0. The molecule has 1 aliphatic rings. The molecule has 0 saturated carbocycles. The average Bonchev–Trinajstić information content (AvgIpc) is 3.10. The number of rotatable bonds is 5. The summed E-state index contributed by atoms with van der Waals surface area (Å²) in [6.07, 6.45) is 2.95. The Morgan fingerprint density at radius 1 is 0.806 bits per heavy atom. The number of hydrogen-bond acceptors (Lipinski definition) is 5. The zero-order chi connectivity index (χ0) is 22.0. The maximum Gasteiger partial charge on any atom is 0.344 e. The maximum absolute atomic E-state index is 12.8. The van der Waals surface area contributed by atoms with Gasteiger partial charge in [0.05, 0.1) is 17.6 Å². The molecule has 4 rings (SSSR count). The van der Waals surface area contributed by atoms with Crippen LogP contribution >= 0.6 is 0 Å². The Labute approximate surface area is 181 Å². The van der Waals surface area contributed by atoms with E-state index in [9.17, 15) is 13.2 Å². The lowest BCUT2D eigenvalue weighted by Gasteiger charge is -2.08. The first-order valence-electron chi connectivity index (χ1n) is 9.55. The van der Waals surface area contributed by atoms with Gasteiger partial charge in [0.2, 0.25) is 0 Å². The summed E-state index contributed by atoms with van der Waals surface area (Å²) in [5.41, 5.74) is 3.31. The van der Waals surface area contributed by atoms with E-state index in [1.165, 1.54) is 12.1 Å². The molecule has 3 aromatic rings. The summed E-state index contributed by atoms with van der Waals surface area (Å²) >= 11 is 0. The van der Waals surface area contributed by atoms with Crippen LogP contribution in [0.1, 0.15) is 16.7 Å². The largest absolute Gasteiger partial charge is 0.497 e. The van der Waals surface area contributed by atoms with Gasteiger partial charge in [-0.1, -0.05) is 54.6 Å². The molecule has 0 bridgehead atoms. The fourth-order valence-electron chi connectivity index (χ4n) is 3.40. The lowest BCUT2D eigenvalue weighted by Crippen LogP contribution is -1.98. The smallest absolute Gasteiger partial charge is 0.344 e. The summed E-state index contributed by atoms with van der Waals surface area (Å²) in [7, 11) is -1.73. The lowest BCUT2D eigenvalue weighted by molar-refractivity contribution is -0.131. The molecule has 0 spiro atoms. The number of cyclic esters (lactones) is 1. The highest BCUT2D eigenvalue weighted by Crippen LogP contribution is 2.40. The van der Waals surface area contributed by atoms with E-state index in [0.29, 0.717) is 22.5 Å². The Hall–Kier alpha value is -3.64. The van der Waals surface area contributed by atoms with Gasteiger partial charge in [-0.15, -0.1) is 0 Å². The van der Waals surface area contributed by atoms with Crippen LogP contribution in [0, 0.1) is 0 Å². The summed E-state index contributed by atoms with van der Waals surface area (Å²) in [5.74, 6) is 0.678. The normalized spacial score (nSPS) is 15.3. The average molecular weight is 432 g/mol. The van der Waals surface area contributed by atoms with Gasteiger partial charge in [0.25, 0.3) is 0 Å². The van der Waals surface area contributed by atoms with Crippen LogP contribution in [0.15, 0.2) is 89.5 Å². The molecular formula is C25H20O5S. The van der Waals surface area contributed by atoms with E-state index in [4.69, 9.17) is 9.47 Å². The standard InChI is InChI=1S/C25H20O5S/c1-29-20-12-8-17(9-13-20)16-22-23(19-10-14-21(15-11-19)31(2,27)28)24(25(26)30-22)18-6-4-3-5-7-18/h3-16H,1-2H3/b22-16-. The van der Waals surface area contributed by atoms with Crippen molar-refractivity contribution in [3.63, 3.8) is 0 Å². The minimum atomic E-state index is -3.33. The molecule has 0 amide bonds. The molecule has 5 nitrogen and oxygen atoms in total. The van der Waals surface area contributed by atoms with Gasteiger partial charge < -0.3 is 9.47 Å². The van der Waals surface area contributed by atoms with Gasteiger partial charge in [-0.3, -0.25) is 0 Å². The zero-order valence-corrected chi connectivity index (χ0v) is 17.8. The van der Waals surface area contributed by atoms with Crippen LogP contribution in [-0.4, -0.2) is 27.8 Å². The minimum absolute atomic E-state index is 0.212. The fraction of sp³-hybridized carbons (Fsp3) is 0.0800. The van der Waals surface area contributed by atoms with Crippen molar-refractivity contribution in [3.8, 4) is 5.75 Å². The van der Waals surface area contributed by atoms with Gasteiger partial charge in [-0.25, -0.2) is 13.2 Å². The van der Waals surface area contributed by atoms with E-state index in [1.54, 1.807) is 25.3 Å². The number of ether oxygens (including phenoxy) is 2. The van der Waals surface area contributed by atoms with Crippen LogP contribution in [0.3, 0.4) is 0 Å². The first-order chi connectivity index (χ1) is 14.9. The molecule has 0 aliphatic carbocycles. The molecule has 31 heavy (non-hydrogen) atoms. The second-order valence-electron chi connectivity index (χ2n) is 7.08. The molecule has 156 valence electrons. The van der Waals surface area contributed by atoms with E-state index in [0.717, 1.165) is 23.1 Å². The van der Waals surface area contributed by atoms with Gasteiger partial charge in [0.15, 0.2) is 9.84 Å². The van der Waals surface area contributed by atoms with Crippen molar-refractivity contribution in [2.75, 3.05) is 13.4 Å². The molecule has 0 fully saturated rings. The number of sulfone groups is 1. The Bertz CT molecular complexity index is 1280. The Kier molecular flexibility index (Phi) is 5.48. The number of carbonyl (C=O) groups is 1. The van der Waals surface area contributed by atoms with E-state index in [-0.39, 0.29) is 4.90 Å². The predicted molar refractivity (Wildman–Crippen MR) is 120 cm³/mol. The molecule has 0 aromatic heterocycles. The third-order valence-electron chi connectivity index (χ3n) is 4.95. The van der Waals surface area contributed by atoms with Gasteiger partial charge in [0, 0.05) is 11.8 Å². The van der Waals surface area contributed by atoms with Crippen LogP contribution in [0.4, 0.5) is 0 Å².